The molecule has 0 N–H and O–H groups in total. The van der Waals surface area contributed by atoms with Crippen LogP contribution in [0.5, 0.6) is 0 Å². The minimum atomic E-state index is -2.92. The predicted molar refractivity (Wildman–Crippen MR) is 128 cm³/mol. The van der Waals surface area contributed by atoms with Gasteiger partial charge in [0.05, 0.1) is 17.8 Å². The molecule has 0 fully saturated rings. The Bertz CT molecular complexity index is 1520. The zero-order valence-electron chi connectivity index (χ0n) is 18.1. The zero-order valence-corrected chi connectivity index (χ0v) is 18.9. The molecule has 170 valence electrons. The lowest BCUT2D eigenvalue weighted by Crippen LogP contribution is -2.22. The third kappa shape index (κ3) is 4.10. The number of fused-ring (bicyclic) bond motifs is 1. The van der Waals surface area contributed by atoms with Crippen LogP contribution in [0.4, 0.5) is 8.78 Å². The highest BCUT2D eigenvalue weighted by Crippen LogP contribution is 2.33. The van der Waals surface area contributed by atoms with Crippen LogP contribution in [0.15, 0.2) is 90.0 Å². The topological polar surface area (TPSA) is 52.2 Å². The fourth-order valence-electron chi connectivity index (χ4n) is 3.86. The van der Waals surface area contributed by atoms with E-state index in [0.29, 0.717) is 27.5 Å². The SMILES string of the molecule is CC(F)(F)c1ccc(Cn2nc3c(-c4ccccc4)c(-c4ccc(Cl)cc4)ncn3c2=O)cc1. The van der Waals surface area contributed by atoms with Gasteiger partial charge in [-0.2, -0.15) is 0 Å². The van der Waals surface area contributed by atoms with E-state index in [1.165, 1.54) is 27.5 Å². The molecule has 8 heteroatoms. The average molecular weight is 477 g/mol. The molecule has 0 amide bonds. The van der Waals surface area contributed by atoms with Crippen molar-refractivity contribution in [3.63, 3.8) is 0 Å². The van der Waals surface area contributed by atoms with Gasteiger partial charge in [-0.3, -0.25) is 0 Å². The van der Waals surface area contributed by atoms with Crippen molar-refractivity contribution in [2.75, 3.05) is 0 Å². The third-order valence-corrected chi connectivity index (χ3v) is 5.86. The Morgan fingerprint density at radius 3 is 2.24 bits per heavy atom. The van der Waals surface area contributed by atoms with E-state index >= 15 is 0 Å². The van der Waals surface area contributed by atoms with Gasteiger partial charge in [-0.25, -0.2) is 27.6 Å². The number of alkyl halides is 2. The summed E-state index contributed by atoms with van der Waals surface area (Å²) in [4.78, 5) is 17.7. The highest BCUT2D eigenvalue weighted by Gasteiger charge is 2.24. The summed E-state index contributed by atoms with van der Waals surface area (Å²) in [5.74, 6) is -2.92. The van der Waals surface area contributed by atoms with Crippen LogP contribution >= 0.6 is 11.6 Å². The van der Waals surface area contributed by atoms with E-state index in [4.69, 9.17) is 11.6 Å². The maximum atomic E-state index is 13.5. The van der Waals surface area contributed by atoms with Crippen LogP contribution in [0.25, 0.3) is 28.0 Å². The van der Waals surface area contributed by atoms with Crippen molar-refractivity contribution in [2.45, 2.75) is 19.4 Å². The van der Waals surface area contributed by atoms with Gasteiger partial charge in [-0.1, -0.05) is 78.3 Å². The first-order valence-electron chi connectivity index (χ1n) is 10.6. The summed E-state index contributed by atoms with van der Waals surface area (Å²) in [6.45, 7) is 0.992. The van der Waals surface area contributed by atoms with E-state index in [0.717, 1.165) is 18.1 Å². The smallest absolute Gasteiger partial charge is 0.246 e. The van der Waals surface area contributed by atoms with E-state index in [1.54, 1.807) is 24.3 Å². The highest BCUT2D eigenvalue weighted by molar-refractivity contribution is 6.30. The molecule has 0 saturated carbocycles. The number of nitrogens with zero attached hydrogens (tertiary/aromatic N) is 4. The van der Waals surface area contributed by atoms with Crippen LogP contribution in [0.2, 0.25) is 5.02 Å². The first kappa shape index (κ1) is 22.0. The molecule has 5 nitrogen and oxygen atoms in total. The number of aromatic nitrogens is 4. The fourth-order valence-corrected chi connectivity index (χ4v) is 3.98. The number of benzene rings is 3. The van der Waals surface area contributed by atoms with Crippen molar-refractivity contribution in [1.82, 2.24) is 19.2 Å². The van der Waals surface area contributed by atoms with Crippen molar-refractivity contribution >= 4 is 17.2 Å². The Labute approximate surface area is 198 Å². The van der Waals surface area contributed by atoms with Crippen LogP contribution in [0.3, 0.4) is 0 Å². The summed E-state index contributed by atoms with van der Waals surface area (Å²) in [6.07, 6.45) is 1.46. The van der Waals surface area contributed by atoms with Gasteiger partial charge in [-0.15, -0.1) is 5.10 Å². The van der Waals surface area contributed by atoms with E-state index < -0.39 is 5.92 Å². The van der Waals surface area contributed by atoms with E-state index in [9.17, 15) is 13.6 Å². The van der Waals surface area contributed by atoms with Gasteiger partial charge >= 0.3 is 5.69 Å². The Hall–Kier alpha value is -3.84. The van der Waals surface area contributed by atoms with Crippen LogP contribution in [0, 0.1) is 0 Å². The largest absolute Gasteiger partial charge is 0.351 e. The summed E-state index contributed by atoms with van der Waals surface area (Å²) < 4.78 is 29.8. The van der Waals surface area contributed by atoms with Crippen molar-refractivity contribution in [3.8, 4) is 22.4 Å². The van der Waals surface area contributed by atoms with Gasteiger partial charge in [0.1, 0.15) is 6.33 Å². The maximum Gasteiger partial charge on any atom is 0.351 e. The maximum absolute atomic E-state index is 13.5. The Balaban J connectivity index is 1.65. The average Bonchev–Trinajstić information content (AvgIpc) is 3.14. The molecule has 0 aliphatic carbocycles. The van der Waals surface area contributed by atoms with Crippen LogP contribution in [-0.2, 0) is 12.5 Å². The standard InChI is InChI=1S/C26H19ClF2N4O/c1-26(28,29)20-11-7-17(8-12-20)15-33-25(34)32-16-30-23(19-9-13-21(27)14-10-19)22(24(32)31-33)18-5-3-2-4-6-18/h2-14,16H,15H2,1H3. The molecule has 0 unspecified atom stereocenters. The molecule has 0 aliphatic rings. The Kier molecular flexibility index (Phi) is 5.49. The Morgan fingerprint density at radius 2 is 1.59 bits per heavy atom. The molecule has 3 aromatic carbocycles. The van der Waals surface area contributed by atoms with Crippen molar-refractivity contribution in [1.29, 1.82) is 0 Å². The molecule has 34 heavy (non-hydrogen) atoms. The van der Waals surface area contributed by atoms with Crippen LogP contribution < -0.4 is 5.69 Å². The second kappa shape index (κ2) is 8.50. The fraction of sp³-hybridized carbons (Fsp3) is 0.115. The first-order valence-corrected chi connectivity index (χ1v) is 11.0. The zero-order chi connectivity index (χ0) is 23.9. The molecule has 5 rings (SSSR count). The van der Waals surface area contributed by atoms with Gasteiger partial charge in [0.15, 0.2) is 5.65 Å². The van der Waals surface area contributed by atoms with Gasteiger partial charge < -0.3 is 0 Å². The van der Waals surface area contributed by atoms with Crippen molar-refractivity contribution in [2.24, 2.45) is 0 Å². The monoisotopic (exact) mass is 476 g/mol. The molecular formula is C26H19ClF2N4O. The normalized spacial score (nSPS) is 11.8. The Morgan fingerprint density at radius 1 is 0.912 bits per heavy atom. The summed E-state index contributed by atoms with van der Waals surface area (Å²) in [5.41, 5.74) is 3.76. The lowest BCUT2D eigenvalue weighted by molar-refractivity contribution is 0.0174. The minimum absolute atomic E-state index is 0.0817. The number of rotatable bonds is 5. The minimum Gasteiger partial charge on any atom is -0.246 e. The quantitative estimate of drug-likeness (QED) is 0.311. The van der Waals surface area contributed by atoms with Gasteiger partial charge in [0, 0.05) is 23.1 Å². The van der Waals surface area contributed by atoms with Crippen LogP contribution in [0.1, 0.15) is 18.1 Å². The molecule has 0 aliphatic heterocycles. The number of halogens is 3. The molecule has 0 saturated heterocycles. The molecular weight excluding hydrogens is 458 g/mol. The van der Waals surface area contributed by atoms with Crippen molar-refractivity contribution in [3.05, 3.63) is 112 Å². The van der Waals surface area contributed by atoms with Crippen LogP contribution in [-0.4, -0.2) is 19.2 Å². The lowest BCUT2D eigenvalue weighted by atomic mass is 10.0. The third-order valence-electron chi connectivity index (χ3n) is 5.61. The molecule has 0 bridgehead atoms. The molecule has 0 atom stereocenters. The summed E-state index contributed by atoms with van der Waals surface area (Å²) in [5, 5.41) is 5.22. The highest BCUT2D eigenvalue weighted by atomic mass is 35.5. The molecule has 2 aromatic heterocycles. The first-order chi connectivity index (χ1) is 16.3. The van der Waals surface area contributed by atoms with Gasteiger partial charge in [-0.05, 0) is 23.3 Å². The molecule has 2 heterocycles. The molecule has 0 radical (unpaired) electrons. The number of hydrogen-bond acceptors (Lipinski definition) is 3. The van der Waals surface area contributed by atoms with E-state index in [2.05, 4.69) is 10.1 Å². The lowest BCUT2D eigenvalue weighted by Gasteiger charge is -2.10. The number of hydrogen-bond donors (Lipinski definition) is 0. The predicted octanol–water partition coefficient (Wildman–Crippen LogP) is 6.04. The van der Waals surface area contributed by atoms with E-state index in [-0.39, 0.29) is 17.8 Å². The van der Waals surface area contributed by atoms with Crippen molar-refractivity contribution < 1.29 is 8.78 Å². The summed E-state index contributed by atoms with van der Waals surface area (Å²) in [7, 11) is 0. The van der Waals surface area contributed by atoms with Gasteiger partial charge in [0.2, 0.25) is 0 Å². The molecule has 0 spiro atoms. The summed E-state index contributed by atoms with van der Waals surface area (Å²) in [6, 6.07) is 22.8. The van der Waals surface area contributed by atoms with E-state index in [1.807, 2.05) is 42.5 Å². The van der Waals surface area contributed by atoms with Gasteiger partial charge in [0.25, 0.3) is 5.92 Å². The second-order valence-corrected chi connectivity index (χ2v) is 8.50. The molecule has 5 aromatic rings. The second-order valence-electron chi connectivity index (χ2n) is 8.06. The summed E-state index contributed by atoms with van der Waals surface area (Å²) >= 11 is 6.06.